The van der Waals surface area contributed by atoms with Crippen LogP contribution in [0, 0.1) is 0 Å². The first-order valence-electron chi connectivity index (χ1n) is 5.62. The monoisotopic (exact) mass is 279 g/mol. The molecule has 0 radical (unpaired) electrons. The van der Waals surface area contributed by atoms with Gasteiger partial charge in [0.25, 0.3) is 10.0 Å². The van der Waals surface area contributed by atoms with E-state index in [0.717, 1.165) is 0 Å². The van der Waals surface area contributed by atoms with E-state index in [0.29, 0.717) is 12.2 Å². The molecule has 100 valence electrons. The lowest BCUT2D eigenvalue weighted by atomic mass is 10.4. The normalized spacial score (nSPS) is 11.0. The van der Waals surface area contributed by atoms with E-state index >= 15 is 0 Å². The minimum atomic E-state index is -3.74. The predicted molar refractivity (Wildman–Crippen MR) is 71.2 cm³/mol. The molecular weight excluding hydrogens is 266 g/mol. The van der Waals surface area contributed by atoms with Crippen molar-refractivity contribution in [2.24, 2.45) is 0 Å². The molecule has 0 atom stereocenters. The topological polar surface area (TPSA) is 96.9 Å². The van der Waals surface area contributed by atoms with E-state index in [4.69, 9.17) is 0 Å². The van der Waals surface area contributed by atoms with Crippen LogP contribution in [-0.4, -0.2) is 30.1 Å². The molecule has 0 unspecified atom stereocenters. The van der Waals surface area contributed by atoms with Gasteiger partial charge in [0.15, 0.2) is 5.82 Å². The van der Waals surface area contributed by atoms with Crippen LogP contribution in [0.3, 0.4) is 0 Å². The van der Waals surface area contributed by atoms with Gasteiger partial charge in [-0.2, -0.15) is 5.10 Å². The largest absolute Gasteiger partial charge is 0.384 e. The Hall–Kier alpha value is -2.22. The molecule has 2 N–H and O–H groups in total. The Morgan fingerprint density at radius 2 is 2.11 bits per heavy atom. The Kier molecular flexibility index (Phi) is 3.91. The first-order valence-corrected chi connectivity index (χ1v) is 7.10. The molecule has 0 saturated heterocycles. The molecule has 0 aliphatic carbocycles. The van der Waals surface area contributed by atoms with Crippen molar-refractivity contribution >= 4 is 21.5 Å². The van der Waals surface area contributed by atoms with Gasteiger partial charge in [-0.25, -0.2) is 8.42 Å². The SMILES string of the molecule is CCNc1ccncc1S(=O)(=O)Nc1cccnn1. The Morgan fingerprint density at radius 3 is 2.79 bits per heavy atom. The van der Waals surface area contributed by atoms with Crippen LogP contribution in [-0.2, 0) is 10.0 Å². The number of nitrogens with one attached hydrogen (secondary N) is 2. The van der Waals surface area contributed by atoms with Gasteiger partial charge in [0.05, 0.1) is 5.69 Å². The standard InChI is InChI=1S/C11H13N5O2S/c1-2-13-9-5-7-12-8-10(9)19(17,18)16-11-4-3-6-14-15-11/h3-8H,2H2,1H3,(H,12,13)(H,15,16). The van der Waals surface area contributed by atoms with E-state index < -0.39 is 10.0 Å². The smallest absolute Gasteiger partial charge is 0.266 e. The molecule has 0 saturated carbocycles. The van der Waals surface area contributed by atoms with Gasteiger partial charge in [-0.05, 0) is 25.1 Å². The molecule has 2 aromatic rings. The lowest BCUT2D eigenvalue weighted by molar-refractivity contribution is 0.601. The number of rotatable bonds is 5. The second kappa shape index (κ2) is 5.61. The molecule has 0 aromatic carbocycles. The zero-order valence-corrected chi connectivity index (χ0v) is 11.1. The van der Waals surface area contributed by atoms with Crippen LogP contribution in [0.4, 0.5) is 11.5 Å². The molecule has 2 aromatic heterocycles. The highest BCUT2D eigenvalue weighted by atomic mass is 32.2. The van der Waals surface area contributed by atoms with Crippen molar-refractivity contribution in [3.8, 4) is 0 Å². The van der Waals surface area contributed by atoms with Crippen molar-refractivity contribution in [1.82, 2.24) is 15.2 Å². The Morgan fingerprint density at radius 1 is 1.26 bits per heavy atom. The summed E-state index contributed by atoms with van der Waals surface area (Å²) < 4.78 is 26.8. The molecule has 8 heteroatoms. The third-order valence-corrected chi connectivity index (χ3v) is 3.63. The van der Waals surface area contributed by atoms with Crippen molar-refractivity contribution in [1.29, 1.82) is 0 Å². The number of hydrogen-bond donors (Lipinski definition) is 2. The number of pyridine rings is 1. The number of nitrogens with zero attached hydrogens (tertiary/aromatic N) is 3. The molecule has 0 spiro atoms. The van der Waals surface area contributed by atoms with Crippen molar-refractivity contribution in [2.45, 2.75) is 11.8 Å². The molecule has 0 aliphatic heterocycles. The molecule has 7 nitrogen and oxygen atoms in total. The first-order chi connectivity index (χ1) is 9.13. The summed E-state index contributed by atoms with van der Waals surface area (Å²) in [5, 5.41) is 10.3. The van der Waals surface area contributed by atoms with Crippen LogP contribution >= 0.6 is 0 Å². The number of sulfonamides is 1. The molecule has 2 heterocycles. The maximum absolute atomic E-state index is 12.2. The Labute approximate surface area is 111 Å². The quantitative estimate of drug-likeness (QED) is 0.850. The Balaban J connectivity index is 2.35. The fraction of sp³-hybridized carbons (Fsp3) is 0.182. The van der Waals surface area contributed by atoms with E-state index in [1.807, 2.05) is 6.92 Å². The molecule has 19 heavy (non-hydrogen) atoms. The van der Waals surface area contributed by atoms with Gasteiger partial charge in [0.1, 0.15) is 4.90 Å². The third kappa shape index (κ3) is 3.16. The van der Waals surface area contributed by atoms with E-state index in [1.54, 1.807) is 12.1 Å². The van der Waals surface area contributed by atoms with Crippen LogP contribution in [0.25, 0.3) is 0 Å². The van der Waals surface area contributed by atoms with Gasteiger partial charge < -0.3 is 5.32 Å². The molecule has 2 rings (SSSR count). The number of aromatic nitrogens is 3. The van der Waals surface area contributed by atoms with Gasteiger partial charge in [-0.15, -0.1) is 5.10 Å². The lowest BCUT2D eigenvalue weighted by Crippen LogP contribution is -2.16. The second-order valence-corrected chi connectivity index (χ2v) is 5.27. The van der Waals surface area contributed by atoms with Gasteiger partial charge in [0, 0.05) is 25.1 Å². The summed E-state index contributed by atoms with van der Waals surface area (Å²) >= 11 is 0. The van der Waals surface area contributed by atoms with Crippen LogP contribution in [0.2, 0.25) is 0 Å². The van der Waals surface area contributed by atoms with Gasteiger partial charge in [0.2, 0.25) is 0 Å². The highest BCUT2D eigenvalue weighted by molar-refractivity contribution is 7.92. The highest BCUT2D eigenvalue weighted by Crippen LogP contribution is 2.21. The molecule has 0 fully saturated rings. The second-order valence-electron chi connectivity index (χ2n) is 3.62. The maximum atomic E-state index is 12.2. The summed E-state index contributed by atoms with van der Waals surface area (Å²) in [5.41, 5.74) is 0.494. The third-order valence-electron chi connectivity index (χ3n) is 2.25. The van der Waals surface area contributed by atoms with E-state index in [2.05, 4.69) is 25.2 Å². The van der Waals surface area contributed by atoms with E-state index in [-0.39, 0.29) is 10.7 Å². The van der Waals surface area contributed by atoms with Crippen molar-refractivity contribution < 1.29 is 8.42 Å². The van der Waals surface area contributed by atoms with Crippen LogP contribution < -0.4 is 10.0 Å². The first kappa shape index (κ1) is 13.2. The van der Waals surface area contributed by atoms with Crippen molar-refractivity contribution in [3.05, 3.63) is 36.8 Å². The van der Waals surface area contributed by atoms with Crippen LogP contribution in [0.15, 0.2) is 41.7 Å². The number of hydrogen-bond acceptors (Lipinski definition) is 6. The van der Waals surface area contributed by atoms with Gasteiger partial charge >= 0.3 is 0 Å². The number of anilines is 2. The van der Waals surface area contributed by atoms with Crippen molar-refractivity contribution in [3.63, 3.8) is 0 Å². The highest BCUT2D eigenvalue weighted by Gasteiger charge is 2.19. The van der Waals surface area contributed by atoms with Gasteiger partial charge in [-0.1, -0.05) is 0 Å². The minimum Gasteiger partial charge on any atom is -0.384 e. The molecular formula is C11H13N5O2S. The van der Waals surface area contributed by atoms with Crippen molar-refractivity contribution in [2.75, 3.05) is 16.6 Å². The summed E-state index contributed by atoms with van der Waals surface area (Å²) in [6.07, 6.45) is 4.28. The molecule has 0 aliphatic rings. The summed E-state index contributed by atoms with van der Waals surface area (Å²) in [6.45, 7) is 2.49. The fourth-order valence-corrected chi connectivity index (χ4v) is 2.60. The Bertz CT molecular complexity index is 645. The summed E-state index contributed by atoms with van der Waals surface area (Å²) in [6, 6.07) is 4.72. The van der Waals surface area contributed by atoms with Gasteiger partial charge in [-0.3, -0.25) is 9.71 Å². The minimum absolute atomic E-state index is 0.0718. The van der Waals surface area contributed by atoms with E-state index in [9.17, 15) is 8.42 Å². The average Bonchev–Trinajstić information content (AvgIpc) is 2.40. The van der Waals surface area contributed by atoms with Crippen LogP contribution in [0.1, 0.15) is 6.92 Å². The fourth-order valence-electron chi connectivity index (χ4n) is 1.48. The molecule has 0 bridgehead atoms. The zero-order valence-electron chi connectivity index (χ0n) is 10.2. The van der Waals surface area contributed by atoms with E-state index in [1.165, 1.54) is 24.7 Å². The molecule has 0 amide bonds. The lowest BCUT2D eigenvalue weighted by Gasteiger charge is -2.11. The summed E-state index contributed by atoms with van der Waals surface area (Å²) in [5.74, 6) is 0.161. The summed E-state index contributed by atoms with van der Waals surface area (Å²) in [7, 11) is -3.74. The average molecular weight is 279 g/mol. The zero-order chi connectivity index (χ0) is 13.7. The van der Waals surface area contributed by atoms with Crippen LogP contribution in [0.5, 0.6) is 0 Å². The summed E-state index contributed by atoms with van der Waals surface area (Å²) in [4.78, 5) is 3.91. The predicted octanol–water partition coefficient (Wildman–Crippen LogP) is 1.10. The maximum Gasteiger partial charge on any atom is 0.266 e.